The van der Waals surface area contributed by atoms with Crippen LogP contribution < -0.4 is 10.1 Å². The monoisotopic (exact) mass is 447 g/mol. The zero-order valence-electron chi connectivity index (χ0n) is 18.4. The number of imidazole rings is 1. The van der Waals surface area contributed by atoms with E-state index >= 15 is 0 Å². The second-order valence-electron chi connectivity index (χ2n) is 7.61. The first-order valence-electron chi connectivity index (χ1n) is 10.7. The summed E-state index contributed by atoms with van der Waals surface area (Å²) in [6, 6.07) is 15.6. The number of halogens is 1. The molecular formula is C25H26ClN5O. The fourth-order valence-electron chi connectivity index (χ4n) is 3.45. The van der Waals surface area contributed by atoms with Gasteiger partial charge in [0.05, 0.1) is 24.1 Å². The van der Waals surface area contributed by atoms with E-state index in [-0.39, 0.29) is 0 Å². The first-order valence-corrected chi connectivity index (χ1v) is 11.0. The topological polar surface area (TPSA) is 75.7 Å². The van der Waals surface area contributed by atoms with Gasteiger partial charge in [-0.3, -0.25) is 0 Å². The summed E-state index contributed by atoms with van der Waals surface area (Å²) in [6.45, 7) is 4.12. The largest absolute Gasteiger partial charge is 0.496 e. The molecule has 0 saturated heterocycles. The number of anilines is 2. The van der Waals surface area contributed by atoms with E-state index in [9.17, 15) is 0 Å². The van der Waals surface area contributed by atoms with Gasteiger partial charge in [-0.25, -0.2) is 15.0 Å². The van der Waals surface area contributed by atoms with Gasteiger partial charge in [0.2, 0.25) is 5.95 Å². The highest BCUT2D eigenvalue weighted by Gasteiger charge is 2.12. The summed E-state index contributed by atoms with van der Waals surface area (Å²) in [5.74, 6) is 2.03. The van der Waals surface area contributed by atoms with Crippen LogP contribution in [-0.4, -0.2) is 27.0 Å². The highest BCUT2D eigenvalue weighted by molar-refractivity contribution is 6.30. The van der Waals surface area contributed by atoms with Crippen LogP contribution in [0.1, 0.15) is 31.2 Å². The molecular weight excluding hydrogens is 422 g/mol. The highest BCUT2D eigenvalue weighted by Crippen LogP contribution is 2.32. The highest BCUT2D eigenvalue weighted by atomic mass is 35.5. The predicted molar refractivity (Wildman–Crippen MR) is 130 cm³/mol. The quantitative estimate of drug-likeness (QED) is 0.318. The second-order valence-corrected chi connectivity index (χ2v) is 8.05. The van der Waals surface area contributed by atoms with Gasteiger partial charge in [-0.1, -0.05) is 37.1 Å². The van der Waals surface area contributed by atoms with Crippen molar-refractivity contribution in [3.8, 4) is 28.4 Å². The fourth-order valence-corrected chi connectivity index (χ4v) is 3.58. The average Bonchev–Trinajstić information content (AvgIpc) is 3.24. The average molecular weight is 448 g/mol. The van der Waals surface area contributed by atoms with Gasteiger partial charge >= 0.3 is 0 Å². The fraction of sp³-hybridized carbons (Fsp3) is 0.240. The number of ether oxygens (including phenoxy) is 1. The lowest BCUT2D eigenvalue weighted by Gasteiger charge is -2.12. The number of benzene rings is 2. The normalized spacial score (nSPS) is 10.9. The van der Waals surface area contributed by atoms with Gasteiger partial charge in [0.15, 0.2) is 0 Å². The molecule has 0 radical (unpaired) electrons. The number of unbranched alkanes of at least 4 members (excludes halogenated alkanes) is 1. The Kier molecular flexibility index (Phi) is 6.71. The number of aryl methyl sites for hydroxylation is 2. The van der Waals surface area contributed by atoms with Crippen molar-refractivity contribution in [2.24, 2.45) is 0 Å². The molecule has 4 rings (SSSR count). The molecule has 2 heterocycles. The van der Waals surface area contributed by atoms with Gasteiger partial charge in [0.25, 0.3) is 0 Å². The van der Waals surface area contributed by atoms with E-state index in [0.717, 1.165) is 59.0 Å². The minimum absolute atomic E-state index is 0.548. The Labute approximate surface area is 193 Å². The number of H-pyrrole nitrogens is 1. The van der Waals surface area contributed by atoms with Crippen LogP contribution in [0.25, 0.3) is 22.6 Å². The van der Waals surface area contributed by atoms with Crippen molar-refractivity contribution in [1.82, 2.24) is 19.9 Å². The molecule has 0 aliphatic carbocycles. The molecule has 0 bridgehead atoms. The number of aromatic nitrogens is 4. The van der Waals surface area contributed by atoms with E-state index in [2.05, 4.69) is 22.2 Å². The number of methoxy groups -OCH3 is 1. The molecule has 0 saturated carbocycles. The third-order valence-electron chi connectivity index (χ3n) is 5.12. The molecule has 2 aromatic heterocycles. The van der Waals surface area contributed by atoms with Crippen molar-refractivity contribution >= 4 is 23.2 Å². The summed E-state index contributed by atoms with van der Waals surface area (Å²) in [5, 5.41) is 4.04. The molecule has 0 amide bonds. The Morgan fingerprint density at radius 1 is 1.03 bits per heavy atom. The molecule has 0 spiro atoms. The van der Waals surface area contributed by atoms with Crippen molar-refractivity contribution in [2.45, 2.75) is 33.1 Å². The summed E-state index contributed by atoms with van der Waals surface area (Å²) in [4.78, 5) is 17.2. The van der Waals surface area contributed by atoms with E-state index in [1.807, 2.05) is 61.7 Å². The van der Waals surface area contributed by atoms with E-state index in [4.69, 9.17) is 26.3 Å². The maximum absolute atomic E-state index is 6.06. The van der Waals surface area contributed by atoms with Gasteiger partial charge in [-0.2, -0.15) is 0 Å². The van der Waals surface area contributed by atoms with Crippen LogP contribution in [0.4, 0.5) is 11.6 Å². The third kappa shape index (κ3) is 5.08. The lowest BCUT2D eigenvalue weighted by atomic mass is 10.1. The molecule has 2 aromatic carbocycles. The van der Waals surface area contributed by atoms with Gasteiger partial charge in [-0.15, -0.1) is 0 Å². The summed E-state index contributed by atoms with van der Waals surface area (Å²) >= 11 is 6.06. The molecule has 7 heteroatoms. The van der Waals surface area contributed by atoms with Crippen LogP contribution in [0, 0.1) is 6.92 Å². The zero-order valence-corrected chi connectivity index (χ0v) is 19.2. The van der Waals surface area contributed by atoms with E-state index < -0.39 is 0 Å². The van der Waals surface area contributed by atoms with E-state index in [0.29, 0.717) is 16.7 Å². The molecule has 2 N–H and O–H groups in total. The SMILES string of the molecule is CCCCc1cc(-c2ccc(Cl)cc2)nc(Nc2ccc(-c3nc(C)c[nH]3)c(OC)c2)n1. The van der Waals surface area contributed by atoms with Crippen LogP contribution in [0.5, 0.6) is 5.75 Å². The lowest BCUT2D eigenvalue weighted by molar-refractivity contribution is 0.416. The van der Waals surface area contributed by atoms with Crippen molar-refractivity contribution in [2.75, 3.05) is 12.4 Å². The number of nitrogens with one attached hydrogen (secondary N) is 2. The molecule has 0 aliphatic rings. The lowest BCUT2D eigenvalue weighted by Crippen LogP contribution is -2.03. The Hall–Kier alpha value is -3.38. The molecule has 0 aliphatic heterocycles. The standard InChI is InChI=1S/C25H26ClN5O/c1-4-5-6-19-13-22(17-7-9-18(26)10-8-17)31-25(29-19)30-20-11-12-21(23(14-20)32-3)24-27-15-16(2)28-24/h7-15H,4-6H2,1-3H3,(H,27,28)(H,29,30,31). The van der Waals surface area contributed by atoms with Gasteiger partial charge in [0, 0.05) is 34.2 Å². The first kappa shape index (κ1) is 21.8. The maximum Gasteiger partial charge on any atom is 0.227 e. The van der Waals surface area contributed by atoms with Crippen LogP contribution >= 0.6 is 11.6 Å². The van der Waals surface area contributed by atoms with Crippen molar-refractivity contribution in [3.63, 3.8) is 0 Å². The predicted octanol–water partition coefficient (Wildman–Crippen LogP) is 6.59. The van der Waals surface area contributed by atoms with Gasteiger partial charge in [0.1, 0.15) is 11.6 Å². The molecule has 0 unspecified atom stereocenters. The van der Waals surface area contributed by atoms with Crippen molar-refractivity contribution in [1.29, 1.82) is 0 Å². The van der Waals surface area contributed by atoms with Crippen LogP contribution in [0.3, 0.4) is 0 Å². The summed E-state index contributed by atoms with van der Waals surface area (Å²) in [7, 11) is 1.65. The zero-order chi connectivity index (χ0) is 22.5. The van der Waals surface area contributed by atoms with Crippen molar-refractivity contribution < 1.29 is 4.74 Å². The Balaban J connectivity index is 1.66. The number of hydrogen-bond donors (Lipinski definition) is 2. The Bertz CT molecular complexity index is 1200. The van der Waals surface area contributed by atoms with Gasteiger partial charge in [-0.05, 0) is 50.1 Å². The Morgan fingerprint density at radius 3 is 2.53 bits per heavy atom. The van der Waals surface area contributed by atoms with Crippen LogP contribution in [0.2, 0.25) is 5.02 Å². The third-order valence-corrected chi connectivity index (χ3v) is 5.38. The summed E-state index contributed by atoms with van der Waals surface area (Å²) < 4.78 is 5.62. The molecule has 6 nitrogen and oxygen atoms in total. The van der Waals surface area contributed by atoms with Crippen LogP contribution in [0.15, 0.2) is 54.7 Å². The van der Waals surface area contributed by atoms with Crippen molar-refractivity contribution in [3.05, 3.63) is 71.1 Å². The molecule has 0 atom stereocenters. The summed E-state index contributed by atoms with van der Waals surface area (Å²) in [6.07, 6.45) is 4.94. The number of hydrogen-bond acceptors (Lipinski definition) is 5. The summed E-state index contributed by atoms with van der Waals surface area (Å²) in [5.41, 5.74) is 5.52. The molecule has 0 fully saturated rings. The van der Waals surface area contributed by atoms with E-state index in [1.54, 1.807) is 7.11 Å². The molecule has 164 valence electrons. The smallest absolute Gasteiger partial charge is 0.227 e. The Morgan fingerprint density at radius 2 is 1.84 bits per heavy atom. The van der Waals surface area contributed by atoms with Gasteiger partial charge < -0.3 is 15.0 Å². The first-order chi connectivity index (χ1) is 15.6. The second kappa shape index (κ2) is 9.83. The minimum Gasteiger partial charge on any atom is -0.496 e. The van der Waals surface area contributed by atoms with E-state index in [1.165, 1.54) is 0 Å². The molecule has 32 heavy (non-hydrogen) atoms. The number of rotatable bonds is 8. The minimum atomic E-state index is 0.548. The maximum atomic E-state index is 6.06. The number of nitrogens with zero attached hydrogens (tertiary/aromatic N) is 3. The molecule has 4 aromatic rings. The number of aromatic amines is 1. The van der Waals surface area contributed by atoms with Crippen LogP contribution in [-0.2, 0) is 6.42 Å².